The number of hydrogen-bond acceptors (Lipinski definition) is 7. The van der Waals surface area contributed by atoms with Crippen molar-refractivity contribution in [3.63, 3.8) is 0 Å². The summed E-state index contributed by atoms with van der Waals surface area (Å²) >= 11 is 1.51. The van der Waals surface area contributed by atoms with Gasteiger partial charge in [0.25, 0.3) is 0 Å². The van der Waals surface area contributed by atoms with Crippen molar-refractivity contribution < 1.29 is 4.79 Å². The Hall–Kier alpha value is -2.55. The molecule has 1 amide bonds. The molecule has 142 valence electrons. The maximum Gasteiger partial charge on any atom is 0.234 e. The number of carbonyl (C=O) groups is 1. The van der Waals surface area contributed by atoms with Crippen molar-refractivity contribution in [2.45, 2.75) is 32.6 Å². The molecule has 0 N–H and O–H groups in total. The summed E-state index contributed by atoms with van der Waals surface area (Å²) in [5.74, 6) is 2.30. The molecule has 3 aromatic rings. The fraction of sp³-hybridized carbons (Fsp3) is 0.500. The van der Waals surface area contributed by atoms with Crippen LogP contribution in [-0.4, -0.2) is 61.8 Å². The fourth-order valence-electron chi connectivity index (χ4n) is 3.23. The van der Waals surface area contributed by atoms with E-state index >= 15 is 0 Å². The molecule has 0 aliphatic carbocycles. The minimum absolute atomic E-state index is 0.186. The Labute approximate surface area is 161 Å². The number of aryl methyl sites for hydroxylation is 1. The molecule has 4 heterocycles. The van der Waals surface area contributed by atoms with E-state index in [1.807, 2.05) is 23.1 Å². The highest BCUT2D eigenvalue weighted by atomic mass is 32.1. The van der Waals surface area contributed by atoms with Crippen LogP contribution in [-0.2, 0) is 11.2 Å². The summed E-state index contributed by atoms with van der Waals surface area (Å²) in [6.07, 6.45) is 2.92. The molecule has 1 saturated heterocycles. The maximum atomic E-state index is 12.6. The van der Waals surface area contributed by atoms with Crippen molar-refractivity contribution >= 4 is 28.0 Å². The molecule has 27 heavy (non-hydrogen) atoms. The minimum Gasteiger partial charge on any atom is -0.353 e. The Morgan fingerprint density at radius 2 is 2.00 bits per heavy atom. The summed E-state index contributed by atoms with van der Waals surface area (Å²) in [4.78, 5) is 21.9. The highest BCUT2D eigenvalue weighted by Crippen LogP contribution is 2.20. The summed E-state index contributed by atoms with van der Waals surface area (Å²) < 4.78 is 1.81. The fourth-order valence-corrected chi connectivity index (χ4v) is 4.07. The first-order valence-corrected chi connectivity index (χ1v) is 10.1. The smallest absolute Gasteiger partial charge is 0.234 e. The predicted octanol–water partition coefficient (Wildman–Crippen LogP) is 1.99. The first-order valence-electron chi connectivity index (χ1n) is 9.26. The Kier molecular flexibility index (Phi) is 5.02. The van der Waals surface area contributed by atoms with E-state index in [0.29, 0.717) is 12.8 Å². The number of amides is 1. The minimum atomic E-state index is 0.186. The molecule has 0 aromatic carbocycles. The van der Waals surface area contributed by atoms with Crippen LogP contribution in [0.15, 0.2) is 24.4 Å². The van der Waals surface area contributed by atoms with Crippen LogP contribution in [0.2, 0.25) is 0 Å². The molecule has 1 fully saturated rings. The van der Waals surface area contributed by atoms with Gasteiger partial charge in [-0.3, -0.25) is 4.79 Å². The zero-order chi connectivity index (χ0) is 18.8. The van der Waals surface area contributed by atoms with Crippen LogP contribution in [0.25, 0.3) is 4.96 Å². The van der Waals surface area contributed by atoms with Gasteiger partial charge in [-0.05, 0) is 12.1 Å². The summed E-state index contributed by atoms with van der Waals surface area (Å²) in [5, 5.41) is 13.9. The average molecular weight is 385 g/mol. The van der Waals surface area contributed by atoms with E-state index in [4.69, 9.17) is 0 Å². The van der Waals surface area contributed by atoms with Gasteiger partial charge in [0, 0.05) is 51.1 Å². The third kappa shape index (κ3) is 3.78. The van der Waals surface area contributed by atoms with Crippen LogP contribution < -0.4 is 4.90 Å². The molecule has 8 nitrogen and oxygen atoms in total. The van der Waals surface area contributed by atoms with Crippen LogP contribution in [0.4, 0.5) is 5.82 Å². The van der Waals surface area contributed by atoms with E-state index in [9.17, 15) is 4.79 Å². The van der Waals surface area contributed by atoms with Crippen LogP contribution in [0.1, 0.15) is 37.0 Å². The molecule has 3 aromatic heterocycles. The Morgan fingerprint density at radius 3 is 2.70 bits per heavy atom. The third-order valence-electron chi connectivity index (χ3n) is 4.73. The van der Waals surface area contributed by atoms with E-state index in [1.165, 1.54) is 11.3 Å². The number of piperazine rings is 1. The van der Waals surface area contributed by atoms with Gasteiger partial charge in [-0.1, -0.05) is 31.3 Å². The van der Waals surface area contributed by atoms with E-state index in [2.05, 4.69) is 39.0 Å². The SMILES string of the molecule is CC(C)c1nnc2sc(CCC(=O)N3CCN(c4ccccn4)CC3)nn12. The summed E-state index contributed by atoms with van der Waals surface area (Å²) in [6.45, 7) is 7.25. The molecular weight excluding hydrogens is 362 g/mol. The standard InChI is InChI=1S/C18H23N7OS/c1-13(2)17-20-21-18-25(17)22-15(27-18)6-7-16(26)24-11-9-23(10-12-24)14-5-3-4-8-19-14/h3-5,8,13H,6-7,9-12H2,1-2H3. The molecular formula is C18H23N7OS. The van der Waals surface area contributed by atoms with Gasteiger partial charge in [0.1, 0.15) is 10.8 Å². The number of pyridine rings is 1. The summed E-state index contributed by atoms with van der Waals surface area (Å²) in [7, 11) is 0. The Balaban J connectivity index is 1.31. The second kappa shape index (κ2) is 7.59. The summed E-state index contributed by atoms with van der Waals surface area (Å²) in [5.41, 5.74) is 0. The van der Waals surface area contributed by atoms with E-state index in [1.54, 1.807) is 10.7 Å². The number of anilines is 1. The van der Waals surface area contributed by atoms with E-state index < -0.39 is 0 Å². The lowest BCUT2D eigenvalue weighted by atomic mass is 10.2. The molecule has 4 rings (SSSR count). The van der Waals surface area contributed by atoms with Gasteiger partial charge < -0.3 is 9.80 Å². The molecule has 0 unspecified atom stereocenters. The van der Waals surface area contributed by atoms with Crippen molar-refractivity contribution in [1.29, 1.82) is 0 Å². The van der Waals surface area contributed by atoms with E-state index in [0.717, 1.165) is 47.8 Å². The maximum absolute atomic E-state index is 12.6. The average Bonchev–Trinajstić information content (AvgIpc) is 3.27. The second-order valence-corrected chi connectivity index (χ2v) is 8.00. The number of hydrogen-bond donors (Lipinski definition) is 0. The zero-order valence-corrected chi connectivity index (χ0v) is 16.4. The monoisotopic (exact) mass is 385 g/mol. The van der Waals surface area contributed by atoms with Gasteiger partial charge in [0.05, 0.1) is 0 Å². The number of fused-ring (bicyclic) bond motifs is 1. The van der Waals surface area contributed by atoms with Crippen molar-refractivity contribution in [2.24, 2.45) is 0 Å². The third-order valence-corrected chi connectivity index (χ3v) is 5.69. The molecule has 0 saturated carbocycles. The molecule has 1 aliphatic rings. The van der Waals surface area contributed by atoms with Crippen molar-refractivity contribution in [2.75, 3.05) is 31.1 Å². The Bertz CT molecular complexity index is 912. The Morgan fingerprint density at radius 1 is 1.19 bits per heavy atom. The topological polar surface area (TPSA) is 79.5 Å². The lowest BCUT2D eigenvalue weighted by Crippen LogP contribution is -2.49. The van der Waals surface area contributed by atoms with Crippen LogP contribution >= 0.6 is 11.3 Å². The molecule has 0 radical (unpaired) electrons. The van der Waals surface area contributed by atoms with Crippen LogP contribution in [0.3, 0.4) is 0 Å². The van der Waals surface area contributed by atoms with Crippen LogP contribution in [0.5, 0.6) is 0 Å². The van der Waals surface area contributed by atoms with E-state index in [-0.39, 0.29) is 11.8 Å². The lowest BCUT2D eigenvalue weighted by Gasteiger charge is -2.35. The molecule has 0 spiro atoms. The number of aromatic nitrogens is 5. The highest BCUT2D eigenvalue weighted by Gasteiger charge is 2.22. The zero-order valence-electron chi connectivity index (χ0n) is 15.6. The van der Waals surface area contributed by atoms with Gasteiger partial charge in [0.2, 0.25) is 10.9 Å². The first kappa shape index (κ1) is 17.8. The van der Waals surface area contributed by atoms with Crippen molar-refractivity contribution in [3.8, 4) is 0 Å². The highest BCUT2D eigenvalue weighted by molar-refractivity contribution is 7.16. The largest absolute Gasteiger partial charge is 0.353 e. The lowest BCUT2D eigenvalue weighted by molar-refractivity contribution is -0.131. The van der Waals surface area contributed by atoms with Crippen molar-refractivity contribution in [1.82, 2.24) is 29.7 Å². The summed E-state index contributed by atoms with van der Waals surface area (Å²) in [6, 6.07) is 5.92. The predicted molar refractivity (Wildman–Crippen MR) is 104 cm³/mol. The van der Waals surface area contributed by atoms with Crippen LogP contribution in [0, 0.1) is 0 Å². The van der Waals surface area contributed by atoms with Gasteiger partial charge in [-0.25, -0.2) is 4.98 Å². The molecule has 1 aliphatic heterocycles. The number of rotatable bonds is 5. The molecule has 0 atom stereocenters. The second-order valence-electron chi connectivity index (χ2n) is 6.96. The molecule has 0 bridgehead atoms. The van der Waals surface area contributed by atoms with Gasteiger partial charge in [0.15, 0.2) is 5.82 Å². The normalized spacial score (nSPS) is 15.1. The van der Waals surface area contributed by atoms with Gasteiger partial charge in [-0.2, -0.15) is 9.61 Å². The quantitative estimate of drug-likeness (QED) is 0.668. The van der Waals surface area contributed by atoms with Gasteiger partial charge >= 0.3 is 0 Å². The first-order chi connectivity index (χ1) is 13.1. The van der Waals surface area contributed by atoms with Gasteiger partial charge in [-0.15, -0.1) is 10.2 Å². The van der Waals surface area contributed by atoms with Crippen molar-refractivity contribution in [3.05, 3.63) is 35.2 Å². The molecule has 9 heteroatoms. The number of nitrogens with zero attached hydrogens (tertiary/aromatic N) is 7. The number of carbonyl (C=O) groups excluding carboxylic acids is 1.